The highest BCUT2D eigenvalue weighted by molar-refractivity contribution is 5.93. The number of carbonyl (C=O) groups is 1. The summed E-state index contributed by atoms with van der Waals surface area (Å²) in [5, 5.41) is 18.1. The summed E-state index contributed by atoms with van der Waals surface area (Å²) >= 11 is 0. The van der Waals surface area contributed by atoms with E-state index in [1.807, 2.05) is 44.3 Å². The van der Waals surface area contributed by atoms with E-state index in [1.54, 1.807) is 10.9 Å². The summed E-state index contributed by atoms with van der Waals surface area (Å²) in [5.41, 5.74) is 4.13. The smallest absolute Gasteiger partial charge is 0.273 e. The Morgan fingerprint density at radius 3 is 2.89 bits per heavy atom. The summed E-state index contributed by atoms with van der Waals surface area (Å²) in [6.07, 6.45) is 5.55. The number of aromatic nitrogens is 5. The van der Waals surface area contributed by atoms with E-state index < -0.39 is 0 Å². The van der Waals surface area contributed by atoms with Crippen LogP contribution in [0.3, 0.4) is 0 Å². The van der Waals surface area contributed by atoms with Crippen molar-refractivity contribution in [1.82, 2.24) is 30.5 Å². The lowest BCUT2D eigenvalue weighted by atomic mass is 9.91. The molecule has 0 aliphatic carbocycles. The van der Waals surface area contributed by atoms with Gasteiger partial charge in [0.1, 0.15) is 0 Å². The fourth-order valence-electron chi connectivity index (χ4n) is 3.61. The SMILES string of the molecule is Cc1ccc(-n2nnc(C(=O)NC[C@H]3CCCO[C@@H]3c3cn[nH]c3)c2C)cc1. The van der Waals surface area contributed by atoms with Crippen LogP contribution in [0.5, 0.6) is 0 Å². The lowest BCUT2D eigenvalue weighted by Crippen LogP contribution is -2.35. The quantitative estimate of drug-likeness (QED) is 0.709. The number of H-pyrrole nitrogens is 1. The summed E-state index contributed by atoms with van der Waals surface area (Å²) in [6.45, 7) is 5.13. The van der Waals surface area contributed by atoms with Crippen LogP contribution >= 0.6 is 0 Å². The molecule has 8 nitrogen and oxygen atoms in total. The van der Waals surface area contributed by atoms with Crippen LogP contribution < -0.4 is 5.32 Å². The van der Waals surface area contributed by atoms with Crippen molar-refractivity contribution in [2.75, 3.05) is 13.2 Å². The molecule has 4 rings (SSSR count). The fraction of sp³-hybridized carbons (Fsp3) is 0.400. The molecule has 1 fully saturated rings. The number of nitrogens with one attached hydrogen (secondary N) is 2. The highest BCUT2D eigenvalue weighted by atomic mass is 16.5. The maximum absolute atomic E-state index is 12.7. The molecule has 1 amide bonds. The minimum Gasteiger partial charge on any atom is -0.373 e. The summed E-state index contributed by atoms with van der Waals surface area (Å²) < 4.78 is 7.61. The van der Waals surface area contributed by atoms with E-state index in [2.05, 4.69) is 25.8 Å². The minimum atomic E-state index is -0.215. The fourth-order valence-corrected chi connectivity index (χ4v) is 3.61. The first-order valence-electron chi connectivity index (χ1n) is 9.51. The molecular formula is C20H24N6O2. The van der Waals surface area contributed by atoms with E-state index in [4.69, 9.17) is 4.74 Å². The molecule has 146 valence electrons. The van der Waals surface area contributed by atoms with Gasteiger partial charge in [-0.15, -0.1) is 5.10 Å². The van der Waals surface area contributed by atoms with Crippen molar-refractivity contribution >= 4 is 5.91 Å². The zero-order valence-electron chi connectivity index (χ0n) is 16.1. The molecule has 2 atom stereocenters. The van der Waals surface area contributed by atoms with Gasteiger partial charge >= 0.3 is 0 Å². The number of aromatic amines is 1. The average Bonchev–Trinajstić information content (AvgIpc) is 3.37. The first-order chi connectivity index (χ1) is 13.6. The second kappa shape index (κ2) is 7.93. The van der Waals surface area contributed by atoms with Gasteiger partial charge in [-0.25, -0.2) is 4.68 Å². The molecule has 2 aromatic heterocycles. The molecule has 2 N–H and O–H groups in total. The van der Waals surface area contributed by atoms with Gasteiger partial charge in [0.05, 0.1) is 23.7 Å². The normalized spacial score (nSPS) is 19.5. The number of rotatable bonds is 5. The highest BCUT2D eigenvalue weighted by Crippen LogP contribution is 2.32. The van der Waals surface area contributed by atoms with Gasteiger partial charge in [0.15, 0.2) is 5.69 Å². The Balaban J connectivity index is 1.44. The number of aryl methyl sites for hydroxylation is 1. The summed E-state index contributed by atoms with van der Waals surface area (Å²) in [7, 11) is 0. The molecule has 1 aromatic carbocycles. The molecule has 0 saturated carbocycles. The number of benzene rings is 1. The van der Waals surface area contributed by atoms with Crippen molar-refractivity contribution in [1.29, 1.82) is 0 Å². The van der Waals surface area contributed by atoms with E-state index in [0.717, 1.165) is 30.7 Å². The molecule has 0 unspecified atom stereocenters. The van der Waals surface area contributed by atoms with Gasteiger partial charge < -0.3 is 10.1 Å². The van der Waals surface area contributed by atoms with Crippen LogP contribution in [-0.4, -0.2) is 44.3 Å². The molecule has 3 aromatic rings. The van der Waals surface area contributed by atoms with Gasteiger partial charge in [0.25, 0.3) is 5.91 Å². The lowest BCUT2D eigenvalue weighted by molar-refractivity contribution is -0.0272. The van der Waals surface area contributed by atoms with Gasteiger partial charge in [-0.2, -0.15) is 5.10 Å². The summed E-state index contributed by atoms with van der Waals surface area (Å²) in [6, 6.07) is 7.95. The van der Waals surface area contributed by atoms with Crippen LogP contribution in [0.25, 0.3) is 5.69 Å². The van der Waals surface area contributed by atoms with Crippen molar-refractivity contribution in [2.24, 2.45) is 5.92 Å². The number of carbonyl (C=O) groups excluding carboxylic acids is 1. The van der Waals surface area contributed by atoms with Crippen LogP contribution in [0, 0.1) is 19.8 Å². The summed E-state index contributed by atoms with van der Waals surface area (Å²) in [4.78, 5) is 12.7. The van der Waals surface area contributed by atoms with Crippen LogP contribution in [0.2, 0.25) is 0 Å². The third-order valence-corrected chi connectivity index (χ3v) is 5.21. The molecule has 1 aliphatic rings. The Kier molecular flexibility index (Phi) is 5.21. The van der Waals surface area contributed by atoms with Crippen molar-refractivity contribution in [3.63, 3.8) is 0 Å². The highest BCUT2D eigenvalue weighted by Gasteiger charge is 2.29. The van der Waals surface area contributed by atoms with E-state index in [0.29, 0.717) is 17.9 Å². The van der Waals surface area contributed by atoms with Crippen LogP contribution in [0.15, 0.2) is 36.7 Å². The molecule has 1 saturated heterocycles. The first kappa shape index (κ1) is 18.4. The molecule has 8 heteroatoms. The molecule has 28 heavy (non-hydrogen) atoms. The van der Waals surface area contributed by atoms with Gasteiger partial charge in [-0.3, -0.25) is 9.89 Å². The topological polar surface area (TPSA) is 97.7 Å². The minimum absolute atomic E-state index is 0.0582. The number of hydrogen-bond acceptors (Lipinski definition) is 5. The van der Waals surface area contributed by atoms with Gasteiger partial charge in [-0.1, -0.05) is 22.9 Å². The Labute approximate surface area is 163 Å². The Bertz CT molecular complexity index is 932. The van der Waals surface area contributed by atoms with E-state index in [-0.39, 0.29) is 17.9 Å². The van der Waals surface area contributed by atoms with Gasteiger partial charge in [-0.05, 0) is 38.8 Å². The third kappa shape index (κ3) is 3.68. The van der Waals surface area contributed by atoms with E-state index in [1.165, 1.54) is 5.56 Å². The largest absolute Gasteiger partial charge is 0.373 e. The molecular weight excluding hydrogens is 356 g/mol. The Morgan fingerprint density at radius 2 is 2.14 bits per heavy atom. The zero-order chi connectivity index (χ0) is 19.5. The third-order valence-electron chi connectivity index (χ3n) is 5.21. The maximum Gasteiger partial charge on any atom is 0.273 e. The standard InChI is InChI=1S/C20H24N6O2/c1-13-5-7-17(8-6-13)26-14(2)18(24-25-26)20(27)21-10-15-4-3-9-28-19(15)16-11-22-23-12-16/h5-8,11-12,15,19H,3-4,9-10H2,1-2H3,(H,21,27)(H,22,23)/t15-,19+/m1/s1. The molecule has 3 heterocycles. The average molecular weight is 380 g/mol. The zero-order valence-corrected chi connectivity index (χ0v) is 16.1. The van der Waals surface area contributed by atoms with Gasteiger partial charge in [0, 0.05) is 30.8 Å². The Morgan fingerprint density at radius 1 is 1.32 bits per heavy atom. The number of nitrogens with zero attached hydrogens (tertiary/aromatic N) is 4. The van der Waals surface area contributed by atoms with E-state index in [9.17, 15) is 4.79 Å². The van der Waals surface area contributed by atoms with Crippen LogP contribution in [-0.2, 0) is 4.74 Å². The first-order valence-corrected chi connectivity index (χ1v) is 9.51. The number of ether oxygens (including phenoxy) is 1. The predicted molar refractivity (Wildman–Crippen MR) is 103 cm³/mol. The van der Waals surface area contributed by atoms with Gasteiger partial charge in [0.2, 0.25) is 0 Å². The molecule has 0 radical (unpaired) electrons. The molecule has 1 aliphatic heterocycles. The lowest BCUT2D eigenvalue weighted by Gasteiger charge is -2.31. The number of hydrogen-bond donors (Lipinski definition) is 2. The maximum atomic E-state index is 12.7. The monoisotopic (exact) mass is 380 g/mol. The second-order valence-electron chi connectivity index (χ2n) is 7.21. The summed E-state index contributed by atoms with van der Waals surface area (Å²) in [5.74, 6) is -0.0184. The predicted octanol–water partition coefficient (Wildman–Crippen LogP) is 2.50. The van der Waals surface area contributed by atoms with Crippen molar-refractivity contribution in [3.8, 4) is 5.69 Å². The van der Waals surface area contributed by atoms with E-state index >= 15 is 0 Å². The Hall–Kier alpha value is -3.00. The second-order valence-corrected chi connectivity index (χ2v) is 7.21. The number of amides is 1. The molecule has 0 bridgehead atoms. The molecule has 0 spiro atoms. The van der Waals surface area contributed by atoms with Crippen LogP contribution in [0.4, 0.5) is 0 Å². The van der Waals surface area contributed by atoms with Crippen molar-refractivity contribution in [2.45, 2.75) is 32.8 Å². The van der Waals surface area contributed by atoms with Crippen LogP contribution in [0.1, 0.15) is 46.3 Å². The van der Waals surface area contributed by atoms with Crippen molar-refractivity contribution in [3.05, 3.63) is 59.2 Å². The van der Waals surface area contributed by atoms with Crippen molar-refractivity contribution < 1.29 is 9.53 Å².